The maximum absolute atomic E-state index is 5.79. The molecule has 2 aromatic rings. The molecule has 2 saturated heterocycles. The van der Waals surface area contributed by atoms with E-state index in [4.69, 9.17) is 4.74 Å². The molecule has 0 spiro atoms. The molecule has 4 rings (SSSR count). The van der Waals surface area contributed by atoms with Crippen LogP contribution in [0.3, 0.4) is 0 Å². The van der Waals surface area contributed by atoms with Crippen molar-refractivity contribution in [3.05, 3.63) is 48.4 Å². The summed E-state index contributed by atoms with van der Waals surface area (Å²) in [6.07, 6.45) is 6.78. The summed E-state index contributed by atoms with van der Waals surface area (Å²) in [4.78, 5) is 11.3. The monoisotopic (exact) mass is 338 g/mol. The Kier molecular flexibility index (Phi) is 4.57. The van der Waals surface area contributed by atoms with Gasteiger partial charge in [0.1, 0.15) is 11.6 Å². The van der Waals surface area contributed by atoms with E-state index in [0.29, 0.717) is 17.9 Å². The normalized spacial score (nSPS) is 25.9. The quantitative estimate of drug-likeness (QED) is 0.929. The zero-order chi connectivity index (χ0) is 17.2. The van der Waals surface area contributed by atoms with E-state index in [9.17, 15) is 0 Å². The number of hydrogen-bond donors (Lipinski definition) is 1. The van der Waals surface area contributed by atoms with Crippen molar-refractivity contribution in [3.63, 3.8) is 0 Å². The van der Waals surface area contributed by atoms with Crippen LogP contribution in [0.15, 0.2) is 42.9 Å². The Morgan fingerprint density at radius 1 is 1.20 bits per heavy atom. The van der Waals surface area contributed by atoms with Crippen molar-refractivity contribution in [2.45, 2.75) is 38.3 Å². The standard InChI is InChI=1S/C20H26N4O/c1-14(2)25-16-5-3-15(4-6-16)18-13-24(20-12-22-9-10-23-20)19-7-8-21-11-17(18)19/h3-6,9-10,12,14,17-19,21H,7-8,11,13H2,1-2H3/t17-,18-,19-/m1/s1. The lowest BCUT2D eigenvalue weighted by Crippen LogP contribution is -2.44. The molecule has 2 aliphatic rings. The third-order valence-corrected chi connectivity index (χ3v) is 5.33. The van der Waals surface area contributed by atoms with E-state index < -0.39 is 0 Å². The summed E-state index contributed by atoms with van der Waals surface area (Å²) in [5, 5.41) is 3.58. The second-order valence-electron chi connectivity index (χ2n) is 7.28. The summed E-state index contributed by atoms with van der Waals surface area (Å²) in [7, 11) is 0. The number of nitrogens with one attached hydrogen (secondary N) is 1. The molecule has 0 radical (unpaired) electrons. The Morgan fingerprint density at radius 3 is 2.76 bits per heavy atom. The van der Waals surface area contributed by atoms with Gasteiger partial charge >= 0.3 is 0 Å². The molecule has 5 nitrogen and oxygen atoms in total. The van der Waals surface area contributed by atoms with Crippen LogP contribution >= 0.6 is 0 Å². The van der Waals surface area contributed by atoms with Crippen molar-refractivity contribution in [1.29, 1.82) is 0 Å². The summed E-state index contributed by atoms with van der Waals surface area (Å²) in [6.45, 7) is 7.26. The van der Waals surface area contributed by atoms with Crippen LogP contribution in [0.2, 0.25) is 0 Å². The Morgan fingerprint density at radius 2 is 2.04 bits per heavy atom. The summed E-state index contributed by atoms with van der Waals surface area (Å²) in [6, 6.07) is 9.20. The van der Waals surface area contributed by atoms with Gasteiger partial charge in [-0.1, -0.05) is 12.1 Å². The number of fused-ring (bicyclic) bond motifs is 1. The molecule has 5 heteroatoms. The summed E-state index contributed by atoms with van der Waals surface area (Å²) >= 11 is 0. The van der Waals surface area contributed by atoms with E-state index in [-0.39, 0.29) is 6.10 Å². The fourth-order valence-electron chi connectivity index (χ4n) is 4.27. The summed E-state index contributed by atoms with van der Waals surface area (Å²) in [5.41, 5.74) is 1.39. The molecular formula is C20H26N4O. The van der Waals surface area contributed by atoms with Crippen molar-refractivity contribution >= 4 is 5.82 Å². The van der Waals surface area contributed by atoms with Crippen LogP contribution in [0.25, 0.3) is 0 Å². The molecule has 2 aliphatic heterocycles. The highest BCUT2D eigenvalue weighted by Crippen LogP contribution is 2.41. The van der Waals surface area contributed by atoms with Crippen molar-refractivity contribution in [3.8, 4) is 5.75 Å². The Hall–Kier alpha value is -2.14. The fourth-order valence-corrected chi connectivity index (χ4v) is 4.27. The van der Waals surface area contributed by atoms with Crippen LogP contribution in [0.4, 0.5) is 5.82 Å². The molecular weight excluding hydrogens is 312 g/mol. The molecule has 0 unspecified atom stereocenters. The smallest absolute Gasteiger partial charge is 0.147 e. The topological polar surface area (TPSA) is 50.3 Å². The summed E-state index contributed by atoms with van der Waals surface area (Å²) in [5.74, 6) is 3.06. The predicted molar refractivity (Wildman–Crippen MR) is 99.1 cm³/mol. The molecule has 0 amide bonds. The van der Waals surface area contributed by atoms with E-state index >= 15 is 0 Å². The third kappa shape index (κ3) is 3.33. The number of ether oxygens (including phenoxy) is 1. The first-order valence-electron chi connectivity index (χ1n) is 9.22. The van der Waals surface area contributed by atoms with Gasteiger partial charge in [-0.15, -0.1) is 0 Å². The summed E-state index contributed by atoms with van der Waals surface area (Å²) < 4.78 is 5.79. The molecule has 1 aromatic carbocycles. The molecule has 1 N–H and O–H groups in total. The lowest BCUT2D eigenvalue weighted by atomic mass is 9.82. The van der Waals surface area contributed by atoms with Gasteiger partial charge in [0.25, 0.3) is 0 Å². The first kappa shape index (κ1) is 16.3. The minimum atomic E-state index is 0.205. The largest absolute Gasteiger partial charge is 0.491 e. The lowest BCUT2D eigenvalue weighted by molar-refractivity contribution is 0.242. The molecule has 0 saturated carbocycles. The average molecular weight is 338 g/mol. The molecule has 25 heavy (non-hydrogen) atoms. The number of hydrogen-bond acceptors (Lipinski definition) is 5. The highest BCUT2D eigenvalue weighted by atomic mass is 16.5. The Labute approximate surface area is 149 Å². The molecule has 0 aliphatic carbocycles. The van der Waals surface area contributed by atoms with Crippen molar-refractivity contribution in [2.75, 3.05) is 24.5 Å². The maximum Gasteiger partial charge on any atom is 0.147 e. The molecule has 3 atom stereocenters. The van der Waals surface area contributed by atoms with Gasteiger partial charge in [-0.05, 0) is 44.5 Å². The average Bonchev–Trinajstić information content (AvgIpc) is 3.02. The second-order valence-corrected chi connectivity index (χ2v) is 7.28. The van der Waals surface area contributed by atoms with E-state index in [1.807, 2.05) is 6.20 Å². The first-order valence-corrected chi connectivity index (χ1v) is 9.22. The number of piperidine rings is 1. The minimum absolute atomic E-state index is 0.205. The lowest BCUT2D eigenvalue weighted by Gasteiger charge is -2.33. The maximum atomic E-state index is 5.79. The zero-order valence-electron chi connectivity index (χ0n) is 14.9. The number of rotatable bonds is 4. The van der Waals surface area contributed by atoms with Gasteiger partial charge in [0, 0.05) is 43.4 Å². The third-order valence-electron chi connectivity index (χ3n) is 5.33. The Bertz CT molecular complexity index is 689. The first-order chi connectivity index (χ1) is 12.2. The van der Waals surface area contributed by atoms with Crippen molar-refractivity contribution < 1.29 is 4.74 Å². The van der Waals surface area contributed by atoms with Crippen LogP contribution in [-0.2, 0) is 0 Å². The van der Waals surface area contributed by atoms with Gasteiger partial charge < -0.3 is 15.0 Å². The van der Waals surface area contributed by atoms with Crippen LogP contribution < -0.4 is 15.0 Å². The molecule has 2 fully saturated rings. The SMILES string of the molecule is CC(C)Oc1ccc([C@H]2CN(c3cnccn3)[C@@H]3CCNC[C@H]23)cc1. The van der Waals surface area contributed by atoms with Crippen LogP contribution in [0.5, 0.6) is 5.75 Å². The second kappa shape index (κ2) is 7.00. The van der Waals surface area contributed by atoms with E-state index in [0.717, 1.165) is 37.6 Å². The van der Waals surface area contributed by atoms with Gasteiger partial charge in [-0.25, -0.2) is 4.98 Å². The van der Waals surface area contributed by atoms with E-state index in [2.05, 4.69) is 58.3 Å². The predicted octanol–water partition coefficient (Wildman–Crippen LogP) is 2.85. The minimum Gasteiger partial charge on any atom is -0.491 e. The molecule has 0 bridgehead atoms. The van der Waals surface area contributed by atoms with Crippen molar-refractivity contribution in [1.82, 2.24) is 15.3 Å². The number of aromatic nitrogens is 2. The number of nitrogens with zero attached hydrogens (tertiary/aromatic N) is 3. The van der Waals surface area contributed by atoms with Gasteiger partial charge in [0.2, 0.25) is 0 Å². The Balaban J connectivity index is 1.59. The van der Waals surface area contributed by atoms with Gasteiger partial charge in [-0.3, -0.25) is 4.98 Å². The highest BCUT2D eigenvalue weighted by molar-refractivity contribution is 5.43. The van der Waals surface area contributed by atoms with Crippen LogP contribution in [0, 0.1) is 5.92 Å². The van der Waals surface area contributed by atoms with Crippen LogP contribution in [-0.4, -0.2) is 41.7 Å². The number of anilines is 1. The van der Waals surface area contributed by atoms with E-state index in [1.54, 1.807) is 12.4 Å². The molecule has 1 aromatic heterocycles. The van der Waals surface area contributed by atoms with Gasteiger partial charge in [0.15, 0.2) is 0 Å². The van der Waals surface area contributed by atoms with Crippen LogP contribution in [0.1, 0.15) is 31.7 Å². The molecule has 132 valence electrons. The van der Waals surface area contributed by atoms with Crippen molar-refractivity contribution in [2.24, 2.45) is 5.92 Å². The zero-order valence-corrected chi connectivity index (χ0v) is 14.9. The van der Waals surface area contributed by atoms with Gasteiger partial charge in [0.05, 0.1) is 12.3 Å². The molecule has 3 heterocycles. The fraction of sp³-hybridized carbons (Fsp3) is 0.500. The van der Waals surface area contributed by atoms with E-state index in [1.165, 1.54) is 5.56 Å². The highest BCUT2D eigenvalue weighted by Gasteiger charge is 2.43. The van der Waals surface area contributed by atoms with Gasteiger partial charge in [-0.2, -0.15) is 0 Å². The number of benzene rings is 1.